The van der Waals surface area contributed by atoms with Gasteiger partial charge in [0.2, 0.25) is 0 Å². The molecule has 19 heavy (non-hydrogen) atoms. The first-order chi connectivity index (χ1) is 8.84. The van der Waals surface area contributed by atoms with E-state index in [1.165, 1.54) is 12.0 Å². The molecule has 3 heteroatoms. The van der Waals surface area contributed by atoms with Crippen molar-refractivity contribution in [1.82, 2.24) is 10.3 Å². The van der Waals surface area contributed by atoms with Crippen LogP contribution in [0.2, 0.25) is 0 Å². The molecule has 1 atom stereocenters. The van der Waals surface area contributed by atoms with Crippen molar-refractivity contribution >= 4 is 5.82 Å². The summed E-state index contributed by atoms with van der Waals surface area (Å²) in [5.41, 5.74) is 1.85. The first-order valence-corrected chi connectivity index (χ1v) is 7.20. The third-order valence-electron chi connectivity index (χ3n) is 4.10. The third-order valence-corrected chi connectivity index (χ3v) is 4.10. The Bertz CT molecular complexity index is 419. The fraction of sp³-hybridized carbons (Fsp3) is 0.688. The van der Waals surface area contributed by atoms with Gasteiger partial charge in [0.15, 0.2) is 0 Å². The lowest BCUT2D eigenvalue weighted by Gasteiger charge is -2.25. The predicted octanol–water partition coefficient (Wildman–Crippen LogP) is 2.81. The summed E-state index contributed by atoms with van der Waals surface area (Å²) in [5, 5.41) is 3.30. The third kappa shape index (κ3) is 3.27. The summed E-state index contributed by atoms with van der Waals surface area (Å²) in [7, 11) is 2.03. The second-order valence-corrected chi connectivity index (χ2v) is 7.17. The van der Waals surface area contributed by atoms with E-state index in [2.05, 4.69) is 55.0 Å². The Morgan fingerprint density at radius 3 is 2.63 bits per heavy atom. The fourth-order valence-electron chi connectivity index (χ4n) is 2.81. The average molecular weight is 261 g/mol. The summed E-state index contributed by atoms with van der Waals surface area (Å²) < 4.78 is 0. The Balaban J connectivity index is 2.08. The summed E-state index contributed by atoms with van der Waals surface area (Å²) in [4.78, 5) is 7.06. The van der Waals surface area contributed by atoms with Crippen molar-refractivity contribution in [2.75, 3.05) is 31.6 Å². The predicted molar refractivity (Wildman–Crippen MR) is 81.8 cm³/mol. The van der Waals surface area contributed by atoms with Crippen molar-refractivity contribution in [3.05, 3.63) is 23.9 Å². The van der Waals surface area contributed by atoms with Crippen LogP contribution >= 0.6 is 0 Å². The average Bonchev–Trinajstić information content (AvgIpc) is 2.71. The number of nitrogens with zero attached hydrogens (tertiary/aromatic N) is 2. The van der Waals surface area contributed by atoms with Crippen LogP contribution in [0.4, 0.5) is 5.82 Å². The smallest absolute Gasteiger partial charge is 0.128 e. The van der Waals surface area contributed by atoms with Crippen LogP contribution in [0.3, 0.4) is 0 Å². The van der Waals surface area contributed by atoms with Gasteiger partial charge in [0, 0.05) is 25.8 Å². The number of aromatic nitrogens is 1. The van der Waals surface area contributed by atoms with Gasteiger partial charge in [0.25, 0.3) is 0 Å². The molecule has 0 bridgehead atoms. The molecule has 1 fully saturated rings. The van der Waals surface area contributed by atoms with E-state index in [0.717, 1.165) is 25.5 Å². The van der Waals surface area contributed by atoms with E-state index in [0.29, 0.717) is 5.41 Å². The summed E-state index contributed by atoms with van der Waals surface area (Å²) >= 11 is 0. The van der Waals surface area contributed by atoms with Gasteiger partial charge in [-0.25, -0.2) is 4.98 Å². The lowest BCUT2D eigenvalue weighted by Crippen LogP contribution is -2.33. The van der Waals surface area contributed by atoms with Crippen LogP contribution in [-0.4, -0.2) is 31.7 Å². The van der Waals surface area contributed by atoms with Crippen molar-refractivity contribution in [2.45, 2.75) is 39.5 Å². The topological polar surface area (TPSA) is 28.2 Å². The highest BCUT2D eigenvalue weighted by molar-refractivity contribution is 5.42. The lowest BCUT2D eigenvalue weighted by atomic mass is 9.88. The Kier molecular flexibility index (Phi) is 3.86. The van der Waals surface area contributed by atoms with E-state index in [1.54, 1.807) is 0 Å². The van der Waals surface area contributed by atoms with Crippen LogP contribution in [0, 0.1) is 5.41 Å². The van der Waals surface area contributed by atoms with Gasteiger partial charge >= 0.3 is 0 Å². The maximum Gasteiger partial charge on any atom is 0.128 e. The van der Waals surface area contributed by atoms with Gasteiger partial charge in [-0.2, -0.15) is 0 Å². The molecular weight excluding hydrogens is 234 g/mol. The van der Waals surface area contributed by atoms with Gasteiger partial charge in [0.05, 0.1) is 0 Å². The van der Waals surface area contributed by atoms with E-state index in [-0.39, 0.29) is 5.41 Å². The Morgan fingerprint density at radius 2 is 2.11 bits per heavy atom. The molecule has 2 rings (SSSR count). The Labute approximate surface area is 117 Å². The summed E-state index contributed by atoms with van der Waals surface area (Å²) in [6, 6.07) is 4.39. The number of hydrogen-bond donors (Lipinski definition) is 1. The molecular formula is C16H27N3. The molecule has 0 radical (unpaired) electrons. The molecule has 106 valence electrons. The minimum atomic E-state index is 0.178. The fourth-order valence-corrected chi connectivity index (χ4v) is 2.81. The van der Waals surface area contributed by atoms with Gasteiger partial charge in [-0.1, -0.05) is 33.8 Å². The normalized spacial score (nSPS) is 23.9. The molecule has 1 unspecified atom stereocenters. The number of nitrogens with one attached hydrogen (secondary N) is 1. The van der Waals surface area contributed by atoms with Crippen molar-refractivity contribution in [3.63, 3.8) is 0 Å². The molecule has 1 aliphatic heterocycles. The van der Waals surface area contributed by atoms with E-state index >= 15 is 0 Å². The zero-order valence-corrected chi connectivity index (χ0v) is 13.0. The quantitative estimate of drug-likeness (QED) is 0.907. The second-order valence-electron chi connectivity index (χ2n) is 7.17. The van der Waals surface area contributed by atoms with Crippen molar-refractivity contribution < 1.29 is 0 Å². The number of anilines is 1. The van der Waals surface area contributed by atoms with Crippen molar-refractivity contribution in [3.8, 4) is 0 Å². The molecule has 1 N–H and O–H groups in total. The van der Waals surface area contributed by atoms with Gasteiger partial charge in [0.1, 0.15) is 5.82 Å². The zero-order valence-electron chi connectivity index (χ0n) is 13.0. The molecule has 0 saturated carbocycles. The first kappa shape index (κ1) is 14.3. The van der Waals surface area contributed by atoms with Gasteiger partial charge in [-0.05, 0) is 35.9 Å². The summed E-state index contributed by atoms with van der Waals surface area (Å²) in [6.07, 6.45) is 3.26. The highest BCUT2D eigenvalue weighted by Crippen LogP contribution is 2.32. The van der Waals surface area contributed by atoms with Crippen LogP contribution < -0.4 is 10.2 Å². The highest BCUT2D eigenvalue weighted by atomic mass is 15.2. The first-order valence-electron chi connectivity index (χ1n) is 7.20. The molecule has 0 amide bonds. The minimum absolute atomic E-state index is 0.178. The van der Waals surface area contributed by atoms with Gasteiger partial charge in [-0.3, -0.25) is 0 Å². The molecule has 0 spiro atoms. The van der Waals surface area contributed by atoms with Crippen LogP contribution in [0.15, 0.2) is 18.3 Å². The second kappa shape index (κ2) is 5.12. The SMILES string of the molecule is CNCC1(C)CCN(c2ccc(C(C)(C)C)cn2)C1. The maximum absolute atomic E-state index is 4.66. The molecule has 0 aromatic carbocycles. The Hall–Kier alpha value is -1.09. The monoisotopic (exact) mass is 261 g/mol. The molecule has 3 nitrogen and oxygen atoms in total. The highest BCUT2D eigenvalue weighted by Gasteiger charge is 2.33. The number of hydrogen-bond acceptors (Lipinski definition) is 3. The molecule has 1 saturated heterocycles. The summed E-state index contributed by atoms with van der Waals surface area (Å²) in [5.74, 6) is 1.12. The van der Waals surface area contributed by atoms with E-state index in [1.807, 2.05) is 13.2 Å². The van der Waals surface area contributed by atoms with E-state index < -0.39 is 0 Å². The van der Waals surface area contributed by atoms with E-state index in [4.69, 9.17) is 0 Å². The van der Waals surface area contributed by atoms with Gasteiger partial charge < -0.3 is 10.2 Å². The number of pyridine rings is 1. The zero-order chi connectivity index (χ0) is 14.1. The Morgan fingerprint density at radius 1 is 1.37 bits per heavy atom. The van der Waals surface area contributed by atoms with Crippen LogP contribution in [0.5, 0.6) is 0 Å². The number of rotatable bonds is 3. The molecule has 0 aliphatic carbocycles. The van der Waals surface area contributed by atoms with Crippen LogP contribution in [-0.2, 0) is 5.41 Å². The molecule has 1 aromatic heterocycles. The molecule has 2 heterocycles. The van der Waals surface area contributed by atoms with Crippen molar-refractivity contribution in [1.29, 1.82) is 0 Å². The van der Waals surface area contributed by atoms with E-state index in [9.17, 15) is 0 Å². The van der Waals surface area contributed by atoms with Crippen LogP contribution in [0.1, 0.15) is 39.7 Å². The van der Waals surface area contributed by atoms with Crippen LogP contribution in [0.25, 0.3) is 0 Å². The molecule has 1 aliphatic rings. The minimum Gasteiger partial charge on any atom is -0.356 e. The molecule has 1 aromatic rings. The van der Waals surface area contributed by atoms with Gasteiger partial charge in [-0.15, -0.1) is 0 Å². The maximum atomic E-state index is 4.66. The standard InChI is InChI=1S/C16H27N3/c1-15(2,3)13-6-7-14(18-10-13)19-9-8-16(4,12-19)11-17-5/h6-7,10,17H,8-9,11-12H2,1-5H3. The summed E-state index contributed by atoms with van der Waals surface area (Å²) in [6.45, 7) is 12.3. The lowest BCUT2D eigenvalue weighted by molar-refractivity contribution is 0.356. The van der Waals surface area contributed by atoms with Crippen molar-refractivity contribution in [2.24, 2.45) is 5.41 Å². The largest absolute Gasteiger partial charge is 0.356 e.